The molecule has 84 valence electrons. The lowest BCUT2D eigenvalue weighted by Crippen LogP contribution is -2.07. The fourth-order valence-electron chi connectivity index (χ4n) is 1.36. The van der Waals surface area contributed by atoms with Gasteiger partial charge in [-0.1, -0.05) is 0 Å². The number of rotatable bonds is 2. The van der Waals surface area contributed by atoms with Crippen LogP contribution in [-0.4, -0.2) is 45.1 Å². The van der Waals surface area contributed by atoms with Gasteiger partial charge in [0.1, 0.15) is 6.33 Å². The van der Waals surface area contributed by atoms with Crippen LogP contribution in [0.4, 0.5) is 5.82 Å². The minimum Gasteiger partial charge on any atom is -0.369 e. The maximum Gasteiger partial charge on any atom is 0.180 e. The van der Waals surface area contributed by atoms with Gasteiger partial charge in [0.05, 0.1) is 6.34 Å². The Morgan fingerprint density at radius 3 is 2.75 bits per heavy atom. The summed E-state index contributed by atoms with van der Waals surface area (Å²) in [7, 11) is 3.84. The number of hydrogen-bond acceptors (Lipinski definition) is 4. The predicted octanol–water partition coefficient (Wildman–Crippen LogP) is 0.963. The van der Waals surface area contributed by atoms with Crippen LogP contribution in [0.1, 0.15) is 11.1 Å². The van der Waals surface area contributed by atoms with Gasteiger partial charge in [0.15, 0.2) is 11.5 Å². The molecule has 2 aromatic heterocycles. The SMILES string of the molecule is Cc1c(N=CN(C)C)nn2cnnc2c1C. The third-order valence-corrected chi connectivity index (χ3v) is 2.38. The maximum atomic E-state index is 4.33. The van der Waals surface area contributed by atoms with Gasteiger partial charge in [-0.25, -0.2) is 4.99 Å². The lowest BCUT2D eigenvalue weighted by Gasteiger charge is -2.06. The third-order valence-electron chi connectivity index (χ3n) is 2.38. The summed E-state index contributed by atoms with van der Waals surface area (Å²) in [4.78, 5) is 6.18. The van der Waals surface area contributed by atoms with Gasteiger partial charge >= 0.3 is 0 Å². The van der Waals surface area contributed by atoms with Crippen molar-refractivity contribution in [3.05, 3.63) is 17.5 Å². The fraction of sp³-hybridized carbons (Fsp3) is 0.400. The van der Waals surface area contributed by atoms with Gasteiger partial charge in [-0.15, -0.1) is 15.3 Å². The van der Waals surface area contributed by atoms with Crippen molar-refractivity contribution in [3.8, 4) is 0 Å². The summed E-state index contributed by atoms with van der Waals surface area (Å²) in [5, 5.41) is 12.2. The van der Waals surface area contributed by atoms with E-state index in [0.29, 0.717) is 5.82 Å². The summed E-state index contributed by atoms with van der Waals surface area (Å²) < 4.78 is 1.64. The monoisotopic (exact) mass is 218 g/mol. The molecule has 0 aliphatic carbocycles. The summed E-state index contributed by atoms with van der Waals surface area (Å²) in [6.45, 7) is 3.98. The molecule has 0 amide bonds. The Morgan fingerprint density at radius 2 is 2.06 bits per heavy atom. The van der Waals surface area contributed by atoms with Gasteiger partial charge in [0, 0.05) is 25.2 Å². The van der Waals surface area contributed by atoms with E-state index in [0.717, 1.165) is 16.8 Å². The van der Waals surface area contributed by atoms with Crippen LogP contribution in [0.15, 0.2) is 11.3 Å². The summed E-state index contributed by atoms with van der Waals surface area (Å²) in [6.07, 6.45) is 3.31. The first-order chi connectivity index (χ1) is 7.59. The average molecular weight is 218 g/mol. The average Bonchev–Trinajstić information content (AvgIpc) is 2.69. The molecule has 0 radical (unpaired) electrons. The Balaban J connectivity index is 2.57. The Labute approximate surface area is 93.6 Å². The van der Waals surface area contributed by atoms with Crippen molar-refractivity contribution in [3.63, 3.8) is 0 Å². The van der Waals surface area contributed by atoms with Crippen LogP contribution in [0.25, 0.3) is 5.65 Å². The number of aromatic nitrogens is 4. The molecule has 0 aliphatic rings. The zero-order chi connectivity index (χ0) is 11.7. The van der Waals surface area contributed by atoms with Gasteiger partial charge in [-0.05, 0) is 13.8 Å². The van der Waals surface area contributed by atoms with Crippen molar-refractivity contribution < 1.29 is 0 Å². The molecule has 6 nitrogen and oxygen atoms in total. The minimum absolute atomic E-state index is 0.693. The van der Waals surface area contributed by atoms with Crippen LogP contribution < -0.4 is 0 Å². The van der Waals surface area contributed by atoms with Crippen LogP contribution in [-0.2, 0) is 0 Å². The molecule has 2 rings (SSSR count). The highest BCUT2D eigenvalue weighted by Gasteiger charge is 2.08. The highest BCUT2D eigenvalue weighted by molar-refractivity contribution is 5.63. The molecule has 0 atom stereocenters. The zero-order valence-electron chi connectivity index (χ0n) is 9.84. The van der Waals surface area contributed by atoms with Crippen molar-refractivity contribution in [2.45, 2.75) is 13.8 Å². The van der Waals surface area contributed by atoms with Gasteiger partial charge in [-0.2, -0.15) is 4.52 Å². The first-order valence-electron chi connectivity index (χ1n) is 4.97. The van der Waals surface area contributed by atoms with E-state index in [2.05, 4.69) is 20.3 Å². The molecule has 0 bridgehead atoms. The second kappa shape index (κ2) is 3.88. The molecule has 0 saturated carbocycles. The quantitative estimate of drug-likeness (QED) is 0.556. The largest absolute Gasteiger partial charge is 0.369 e. The minimum atomic E-state index is 0.693. The highest BCUT2D eigenvalue weighted by Crippen LogP contribution is 2.20. The normalized spacial score (nSPS) is 11.5. The molecule has 2 aromatic rings. The van der Waals surface area contributed by atoms with E-state index in [1.165, 1.54) is 0 Å². The Hall–Kier alpha value is -1.98. The summed E-state index contributed by atoms with van der Waals surface area (Å²) in [5.74, 6) is 0.693. The zero-order valence-corrected chi connectivity index (χ0v) is 9.84. The maximum absolute atomic E-state index is 4.33. The van der Waals surface area contributed by atoms with E-state index in [4.69, 9.17) is 0 Å². The summed E-state index contributed by atoms with van der Waals surface area (Å²) >= 11 is 0. The Kier molecular flexibility index (Phi) is 2.55. The van der Waals surface area contributed by atoms with Crippen LogP contribution in [0.5, 0.6) is 0 Å². The van der Waals surface area contributed by atoms with E-state index in [1.54, 1.807) is 17.2 Å². The molecule has 0 aromatic carbocycles. The number of aryl methyl sites for hydroxylation is 1. The lowest BCUT2D eigenvalue weighted by atomic mass is 10.2. The van der Waals surface area contributed by atoms with Crippen LogP contribution in [0.2, 0.25) is 0 Å². The molecule has 0 spiro atoms. The van der Waals surface area contributed by atoms with E-state index < -0.39 is 0 Å². The van der Waals surface area contributed by atoms with E-state index >= 15 is 0 Å². The van der Waals surface area contributed by atoms with Crippen molar-refractivity contribution in [1.82, 2.24) is 24.7 Å². The Morgan fingerprint density at radius 1 is 1.31 bits per heavy atom. The van der Waals surface area contributed by atoms with Gasteiger partial charge in [0.2, 0.25) is 0 Å². The van der Waals surface area contributed by atoms with Gasteiger partial charge < -0.3 is 4.90 Å². The summed E-state index contributed by atoms with van der Waals surface area (Å²) in [6, 6.07) is 0. The molecular formula is C10H14N6. The summed E-state index contributed by atoms with van der Waals surface area (Å²) in [5.41, 5.74) is 2.86. The molecule has 0 unspecified atom stereocenters. The number of hydrogen-bond donors (Lipinski definition) is 0. The molecule has 6 heteroatoms. The number of nitrogens with zero attached hydrogens (tertiary/aromatic N) is 6. The molecule has 2 heterocycles. The van der Waals surface area contributed by atoms with E-state index in [9.17, 15) is 0 Å². The number of aliphatic imine (C=N–C) groups is 1. The standard InChI is InChI=1S/C10H14N6/c1-7-8(2)10-13-12-6-16(10)14-9(7)11-5-15(3)4/h5-6H,1-4H3. The first-order valence-corrected chi connectivity index (χ1v) is 4.97. The molecular weight excluding hydrogens is 204 g/mol. The molecule has 0 saturated heterocycles. The van der Waals surface area contributed by atoms with Crippen LogP contribution in [0.3, 0.4) is 0 Å². The first kappa shape index (κ1) is 10.5. The smallest absolute Gasteiger partial charge is 0.180 e. The van der Waals surface area contributed by atoms with Gasteiger partial charge in [-0.3, -0.25) is 0 Å². The molecule has 0 N–H and O–H groups in total. The topological polar surface area (TPSA) is 58.7 Å². The van der Waals surface area contributed by atoms with Gasteiger partial charge in [0.25, 0.3) is 0 Å². The van der Waals surface area contributed by atoms with Crippen molar-refractivity contribution in [1.29, 1.82) is 0 Å². The molecule has 16 heavy (non-hydrogen) atoms. The predicted molar refractivity (Wildman–Crippen MR) is 62.1 cm³/mol. The fourth-order valence-corrected chi connectivity index (χ4v) is 1.36. The Bertz CT molecular complexity index is 539. The molecule has 0 fully saturated rings. The van der Waals surface area contributed by atoms with Crippen LogP contribution >= 0.6 is 0 Å². The third kappa shape index (κ3) is 1.73. The van der Waals surface area contributed by atoms with E-state index in [-0.39, 0.29) is 0 Å². The lowest BCUT2D eigenvalue weighted by molar-refractivity contribution is 0.642. The van der Waals surface area contributed by atoms with Crippen molar-refractivity contribution >= 4 is 17.8 Å². The number of fused-ring (bicyclic) bond motifs is 1. The van der Waals surface area contributed by atoms with Crippen molar-refractivity contribution in [2.75, 3.05) is 14.1 Å². The van der Waals surface area contributed by atoms with E-state index in [1.807, 2.05) is 32.8 Å². The second-order valence-electron chi connectivity index (χ2n) is 3.88. The molecule has 0 aliphatic heterocycles. The van der Waals surface area contributed by atoms with Crippen molar-refractivity contribution in [2.24, 2.45) is 4.99 Å². The highest BCUT2D eigenvalue weighted by atomic mass is 15.4. The van der Waals surface area contributed by atoms with Crippen LogP contribution in [0, 0.1) is 13.8 Å². The second-order valence-corrected chi connectivity index (χ2v) is 3.88.